The van der Waals surface area contributed by atoms with Gasteiger partial charge in [0.05, 0.1) is 5.56 Å². The summed E-state index contributed by atoms with van der Waals surface area (Å²) in [5.41, 5.74) is 0.467. The van der Waals surface area contributed by atoms with Crippen LogP contribution in [0, 0.1) is 5.82 Å². The maximum atomic E-state index is 13.0. The van der Waals surface area contributed by atoms with Gasteiger partial charge in [-0.15, -0.1) is 0 Å². The Morgan fingerprint density at radius 2 is 2.16 bits per heavy atom. The molecule has 5 heteroatoms. The van der Waals surface area contributed by atoms with Crippen LogP contribution >= 0.6 is 15.9 Å². The fraction of sp³-hybridized carbons (Fsp3) is 0.500. The lowest BCUT2D eigenvalue weighted by molar-refractivity contribution is 0.0931. The molecule has 19 heavy (non-hydrogen) atoms. The van der Waals surface area contributed by atoms with Crippen molar-refractivity contribution in [2.24, 2.45) is 0 Å². The molecule has 0 aromatic heterocycles. The molecule has 1 aromatic rings. The second-order valence-electron chi connectivity index (χ2n) is 5.01. The SMILES string of the molecule is CC(CN1CCCC1)NC(=O)c1ccc(F)cc1Br. The van der Waals surface area contributed by atoms with Crippen molar-refractivity contribution < 1.29 is 9.18 Å². The van der Waals surface area contributed by atoms with Gasteiger partial charge in [0.1, 0.15) is 5.82 Å². The standard InChI is InChI=1S/C14H18BrFN2O/c1-10(9-18-6-2-3-7-18)17-14(19)12-5-4-11(16)8-13(12)15/h4-5,8,10H,2-3,6-7,9H2,1H3,(H,17,19). The summed E-state index contributed by atoms with van der Waals surface area (Å²) in [6.45, 7) is 5.08. The third-order valence-electron chi connectivity index (χ3n) is 3.28. The Labute approximate surface area is 121 Å². The largest absolute Gasteiger partial charge is 0.348 e. The highest BCUT2D eigenvalue weighted by molar-refractivity contribution is 9.10. The number of nitrogens with zero attached hydrogens (tertiary/aromatic N) is 1. The summed E-state index contributed by atoms with van der Waals surface area (Å²) in [5.74, 6) is -0.521. The average molecular weight is 329 g/mol. The van der Waals surface area contributed by atoms with E-state index in [-0.39, 0.29) is 17.8 Å². The van der Waals surface area contributed by atoms with Crippen molar-refractivity contribution >= 4 is 21.8 Å². The molecule has 1 aliphatic heterocycles. The number of amides is 1. The van der Waals surface area contributed by atoms with Crippen LogP contribution in [0.4, 0.5) is 4.39 Å². The molecule has 2 rings (SSSR count). The maximum Gasteiger partial charge on any atom is 0.252 e. The monoisotopic (exact) mass is 328 g/mol. The van der Waals surface area contributed by atoms with E-state index in [9.17, 15) is 9.18 Å². The van der Waals surface area contributed by atoms with Gasteiger partial charge < -0.3 is 10.2 Å². The summed E-state index contributed by atoms with van der Waals surface area (Å²) < 4.78 is 13.5. The van der Waals surface area contributed by atoms with Gasteiger partial charge in [-0.2, -0.15) is 0 Å². The molecule has 1 heterocycles. The van der Waals surface area contributed by atoms with E-state index in [2.05, 4.69) is 26.1 Å². The summed E-state index contributed by atoms with van der Waals surface area (Å²) >= 11 is 3.21. The molecule has 1 amide bonds. The second-order valence-corrected chi connectivity index (χ2v) is 5.86. The Morgan fingerprint density at radius 3 is 2.79 bits per heavy atom. The molecule has 1 aliphatic rings. The van der Waals surface area contributed by atoms with Crippen LogP contribution in [0.15, 0.2) is 22.7 Å². The third kappa shape index (κ3) is 4.01. The first-order valence-electron chi connectivity index (χ1n) is 6.54. The lowest BCUT2D eigenvalue weighted by Crippen LogP contribution is -2.41. The zero-order valence-electron chi connectivity index (χ0n) is 11.0. The molecular weight excluding hydrogens is 311 g/mol. The van der Waals surface area contributed by atoms with Gasteiger partial charge in [0.2, 0.25) is 0 Å². The highest BCUT2D eigenvalue weighted by Crippen LogP contribution is 2.18. The molecule has 1 fully saturated rings. The van der Waals surface area contributed by atoms with E-state index in [1.54, 1.807) is 0 Å². The maximum absolute atomic E-state index is 13.0. The molecule has 0 bridgehead atoms. The van der Waals surface area contributed by atoms with Gasteiger partial charge in [-0.1, -0.05) is 0 Å². The minimum atomic E-state index is -0.353. The molecule has 1 N–H and O–H groups in total. The molecule has 1 atom stereocenters. The van der Waals surface area contributed by atoms with E-state index >= 15 is 0 Å². The summed E-state index contributed by atoms with van der Waals surface area (Å²) in [5, 5.41) is 2.95. The first kappa shape index (κ1) is 14.5. The smallest absolute Gasteiger partial charge is 0.252 e. The summed E-state index contributed by atoms with van der Waals surface area (Å²) in [7, 11) is 0. The number of likely N-dealkylation sites (tertiary alicyclic amines) is 1. The van der Waals surface area contributed by atoms with Gasteiger partial charge in [0.15, 0.2) is 0 Å². The van der Waals surface area contributed by atoms with E-state index in [0.29, 0.717) is 10.0 Å². The first-order valence-corrected chi connectivity index (χ1v) is 7.34. The topological polar surface area (TPSA) is 32.3 Å². The second kappa shape index (κ2) is 6.48. The van der Waals surface area contributed by atoms with Crippen molar-refractivity contribution in [1.82, 2.24) is 10.2 Å². The van der Waals surface area contributed by atoms with Crippen LogP contribution in [0.1, 0.15) is 30.1 Å². The molecule has 1 saturated heterocycles. The van der Waals surface area contributed by atoms with Crippen LogP contribution < -0.4 is 5.32 Å². The van der Waals surface area contributed by atoms with Gasteiger partial charge >= 0.3 is 0 Å². The minimum absolute atomic E-state index is 0.0857. The van der Waals surface area contributed by atoms with E-state index in [4.69, 9.17) is 0 Å². The van der Waals surface area contributed by atoms with Gasteiger partial charge in [-0.05, 0) is 67.0 Å². The average Bonchev–Trinajstić information content (AvgIpc) is 2.81. The first-order chi connectivity index (χ1) is 9.06. The number of carbonyl (C=O) groups is 1. The molecule has 104 valence electrons. The Balaban J connectivity index is 1.92. The van der Waals surface area contributed by atoms with Crippen LogP contribution in [0.5, 0.6) is 0 Å². The number of rotatable bonds is 4. The lowest BCUT2D eigenvalue weighted by Gasteiger charge is -2.21. The van der Waals surface area contributed by atoms with Gasteiger partial charge in [0.25, 0.3) is 5.91 Å². The number of hydrogen-bond donors (Lipinski definition) is 1. The minimum Gasteiger partial charge on any atom is -0.348 e. The molecule has 1 unspecified atom stereocenters. The lowest BCUT2D eigenvalue weighted by atomic mass is 10.2. The zero-order valence-corrected chi connectivity index (χ0v) is 12.5. The van der Waals surface area contributed by atoms with Crippen LogP contribution in [0.3, 0.4) is 0 Å². The van der Waals surface area contributed by atoms with Crippen LogP contribution in [-0.4, -0.2) is 36.5 Å². The predicted molar refractivity (Wildman–Crippen MR) is 76.7 cm³/mol. The van der Waals surface area contributed by atoms with Gasteiger partial charge in [-0.3, -0.25) is 4.79 Å². The normalized spacial score (nSPS) is 17.4. The fourth-order valence-electron chi connectivity index (χ4n) is 2.37. The van der Waals surface area contributed by atoms with Crippen molar-refractivity contribution in [3.05, 3.63) is 34.1 Å². The van der Waals surface area contributed by atoms with Crippen molar-refractivity contribution in [2.45, 2.75) is 25.8 Å². The summed E-state index contributed by atoms with van der Waals surface area (Å²) in [6.07, 6.45) is 2.48. The number of halogens is 2. The summed E-state index contributed by atoms with van der Waals surface area (Å²) in [4.78, 5) is 14.4. The fourth-order valence-corrected chi connectivity index (χ4v) is 2.90. The van der Waals surface area contributed by atoms with Crippen molar-refractivity contribution in [3.8, 4) is 0 Å². The van der Waals surface area contributed by atoms with E-state index in [1.807, 2.05) is 6.92 Å². The molecule has 0 saturated carbocycles. The van der Waals surface area contributed by atoms with Crippen LogP contribution in [0.25, 0.3) is 0 Å². The summed E-state index contributed by atoms with van der Waals surface area (Å²) in [6, 6.07) is 4.19. The molecule has 0 aliphatic carbocycles. The number of nitrogens with one attached hydrogen (secondary N) is 1. The van der Waals surface area contributed by atoms with Crippen molar-refractivity contribution in [1.29, 1.82) is 0 Å². The Hall–Kier alpha value is -0.940. The van der Waals surface area contributed by atoms with E-state index in [0.717, 1.165) is 19.6 Å². The number of carbonyl (C=O) groups excluding carboxylic acids is 1. The molecule has 1 aromatic carbocycles. The van der Waals surface area contributed by atoms with Gasteiger partial charge in [0, 0.05) is 17.1 Å². The Kier molecular flexibility index (Phi) is 4.93. The third-order valence-corrected chi connectivity index (χ3v) is 3.94. The van der Waals surface area contributed by atoms with Crippen molar-refractivity contribution in [2.75, 3.05) is 19.6 Å². The van der Waals surface area contributed by atoms with Crippen molar-refractivity contribution in [3.63, 3.8) is 0 Å². The van der Waals surface area contributed by atoms with E-state index < -0.39 is 0 Å². The molecule has 3 nitrogen and oxygen atoms in total. The molecular formula is C14H18BrFN2O. The number of benzene rings is 1. The Bertz CT molecular complexity index is 461. The predicted octanol–water partition coefficient (Wildman–Crippen LogP) is 2.80. The molecule has 0 radical (unpaired) electrons. The van der Waals surface area contributed by atoms with E-state index in [1.165, 1.54) is 31.0 Å². The zero-order chi connectivity index (χ0) is 13.8. The Morgan fingerprint density at radius 1 is 1.47 bits per heavy atom. The van der Waals surface area contributed by atoms with Crippen LogP contribution in [-0.2, 0) is 0 Å². The highest BCUT2D eigenvalue weighted by atomic mass is 79.9. The quantitative estimate of drug-likeness (QED) is 0.921. The number of hydrogen-bond acceptors (Lipinski definition) is 2. The molecule has 0 spiro atoms. The highest BCUT2D eigenvalue weighted by Gasteiger charge is 2.17. The van der Waals surface area contributed by atoms with Gasteiger partial charge in [-0.25, -0.2) is 4.39 Å². The van der Waals surface area contributed by atoms with Crippen LogP contribution in [0.2, 0.25) is 0 Å².